The molecule has 2 N–H and O–H groups in total. The molecule has 3 aromatic rings. The quantitative estimate of drug-likeness (QED) is 0.392. The number of ether oxygens (including phenoxy) is 1. The van der Waals surface area contributed by atoms with Crippen LogP contribution in [0.25, 0.3) is 0 Å². The van der Waals surface area contributed by atoms with Crippen molar-refractivity contribution in [3.05, 3.63) is 80.7 Å². The highest BCUT2D eigenvalue weighted by Gasteiger charge is 2.13. The number of rotatable bonds is 8. The van der Waals surface area contributed by atoms with Gasteiger partial charge in [0, 0.05) is 27.7 Å². The number of thioether (sulfide) groups is 1. The second kappa shape index (κ2) is 10.3. The third kappa shape index (κ3) is 6.11. The van der Waals surface area contributed by atoms with Crippen LogP contribution in [0, 0.1) is 6.92 Å². The van der Waals surface area contributed by atoms with E-state index in [-0.39, 0.29) is 17.9 Å². The Labute approximate surface area is 184 Å². The summed E-state index contributed by atoms with van der Waals surface area (Å²) in [5.41, 5.74) is 2.25. The zero-order chi connectivity index (χ0) is 21.5. The first-order chi connectivity index (χ1) is 14.4. The van der Waals surface area contributed by atoms with Gasteiger partial charge < -0.3 is 15.0 Å². The van der Waals surface area contributed by atoms with Crippen molar-refractivity contribution in [3.8, 4) is 5.75 Å². The summed E-state index contributed by atoms with van der Waals surface area (Å²) in [6.07, 6.45) is -0.0549. The van der Waals surface area contributed by atoms with E-state index < -0.39 is 0 Å². The van der Waals surface area contributed by atoms with Gasteiger partial charge in [-0.05, 0) is 55.8 Å². The number of benzene rings is 2. The Hall–Kier alpha value is -2.77. The predicted molar refractivity (Wildman–Crippen MR) is 121 cm³/mol. The molecule has 0 aliphatic heterocycles. The van der Waals surface area contributed by atoms with Crippen molar-refractivity contribution in [1.82, 2.24) is 9.97 Å². The Kier molecular flexibility index (Phi) is 7.54. The molecule has 0 fully saturated rings. The number of aromatic nitrogens is 2. The van der Waals surface area contributed by atoms with Crippen LogP contribution >= 0.6 is 23.4 Å². The van der Waals surface area contributed by atoms with Gasteiger partial charge in [0.15, 0.2) is 5.16 Å². The number of hydrogen-bond acceptors (Lipinski definition) is 5. The SMILES string of the molecule is CCOc1ccc(NC(=O)Cc2c(C)nc(SCc3cccc(Cl)c3)[nH]c2=O)cc1. The van der Waals surface area contributed by atoms with E-state index in [0.717, 1.165) is 11.3 Å². The molecule has 8 heteroatoms. The third-order valence-corrected chi connectivity index (χ3v) is 5.43. The van der Waals surface area contributed by atoms with Gasteiger partial charge in [0.1, 0.15) is 5.75 Å². The monoisotopic (exact) mass is 443 g/mol. The van der Waals surface area contributed by atoms with Gasteiger partial charge in [0.2, 0.25) is 5.91 Å². The van der Waals surface area contributed by atoms with Crippen LogP contribution in [-0.2, 0) is 17.0 Å². The molecule has 0 radical (unpaired) electrons. The van der Waals surface area contributed by atoms with Gasteiger partial charge in [-0.2, -0.15) is 0 Å². The van der Waals surface area contributed by atoms with Crippen LogP contribution < -0.4 is 15.6 Å². The second-order valence-electron chi connectivity index (χ2n) is 6.54. The van der Waals surface area contributed by atoms with Gasteiger partial charge >= 0.3 is 0 Å². The molecule has 156 valence electrons. The molecule has 0 unspecified atom stereocenters. The summed E-state index contributed by atoms with van der Waals surface area (Å²) in [6.45, 7) is 4.22. The molecular weight excluding hydrogens is 422 g/mol. The summed E-state index contributed by atoms with van der Waals surface area (Å²) < 4.78 is 5.38. The fourth-order valence-electron chi connectivity index (χ4n) is 2.81. The summed E-state index contributed by atoms with van der Waals surface area (Å²) in [4.78, 5) is 32.1. The Morgan fingerprint density at radius 3 is 2.67 bits per heavy atom. The molecule has 30 heavy (non-hydrogen) atoms. The lowest BCUT2D eigenvalue weighted by atomic mass is 10.1. The summed E-state index contributed by atoms with van der Waals surface area (Å²) in [5.74, 6) is 1.08. The zero-order valence-corrected chi connectivity index (χ0v) is 18.3. The lowest BCUT2D eigenvalue weighted by molar-refractivity contribution is -0.115. The van der Waals surface area contributed by atoms with Gasteiger partial charge in [-0.15, -0.1) is 0 Å². The summed E-state index contributed by atoms with van der Waals surface area (Å²) in [5, 5.41) is 3.96. The van der Waals surface area contributed by atoms with E-state index in [0.29, 0.717) is 39.5 Å². The average Bonchev–Trinajstić information content (AvgIpc) is 2.71. The number of hydrogen-bond donors (Lipinski definition) is 2. The Bertz CT molecular complexity index is 1080. The fourth-order valence-corrected chi connectivity index (χ4v) is 3.87. The van der Waals surface area contributed by atoms with Crippen LogP contribution in [-0.4, -0.2) is 22.5 Å². The molecule has 0 spiro atoms. The lowest BCUT2D eigenvalue weighted by Gasteiger charge is -2.09. The molecule has 1 amide bonds. The first-order valence-electron chi connectivity index (χ1n) is 9.44. The Morgan fingerprint density at radius 1 is 1.23 bits per heavy atom. The molecule has 0 bridgehead atoms. The van der Waals surface area contributed by atoms with Crippen molar-refractivity contribution in [2.24, 2.45) is 0 Å². The number of halogens is 1. The molecule has 0 saturated heterocycles. The number of aryl methyl sites for hydroxylation is 1. The van der Waals surface area contributed by atoms with Gasteiger partial charge in [-0.1, -0.05) is 35.5 Å². The minimum Gasteiger partial charge on any atom is -0.494 e. The van der Waals surface area contributed by atoms with Crippen molar-refractivity contribution in [3.63, 3.8) is 0 Å². The number of aromatic amines is 1. The molecule has 0 aliphatic rings. The number of H-pyrrole nitrogens is 1. The van der Waals surface area contributed by atoms with E-state index in [4.69, 9.17) is 16.3 Å². The maximum absolute atomic E-state index is 12.5. The number of carbonyl (C=O) groups is 1. The van der Waals surface area contributed by atoms with Crippen LogP contribution in [0.2, 0.25) is 5.02 Å². The minimum absolute atomic E-state index is 0.0549. The van der Waals surface area contributed by atoms with Gasteiger partial charge in [0.05, 0.1) is 13.0 Å². The summed E-state index contributed by atoms with van der Waals surface area (Å²) >= 11 is 7.41. The topological polar surface area (TPSA) is 84.1 Å². The molecule has 3 rings (SSSR count). The fraction of sp³-hybridized carbons (Fsp3) is 0.227. The number of amides is 1. The zero-order valence-electron chi connectivity index (χ0n) is 16.7. The molecule has 0 atom stereocenters. The van der Waals surface area contributed by atoms with E-state index in [1.807, 2.05) is 31.2 Å². The van der Waals surface area contributed by atoms with Gasteiger partial charge in [-0.25, -0.2) is 4.98 Å². The molecule has 2 aromatic carbocycles. The van der Waals surface area contributed by atoms with Crippen molar-refractivity contribution >= 4 is 35.0 Å². The highest BCUT2D eigenvalue weighted by atomic mass is 35.5. The van der Waals surface area contributed by atoms with Crippen LogP contribution in [0.4, 0.5) is 5.69 Å². The number of nitrogens with one attached hydrogen (secondary N) is 2. The predicted octanol–water partition coefficient (Wildman–Crippen LogP) is 4.60. The Balaban J connectivity index is 1.63. The maximum atomic E-state index is 12.5. The summed E-state index contributed by atoms with van der Waals surface area (Å²) in [6, 6.07) is 14.6. The van der Waals surface area contributed by atoms with E-state index in [1.165, 1.54) is 11.8 Å². The van der Waals surface area contributed by atoms with Crippen LogP contribution in [0.1, 0.15) is 23.7 Å². The van der Waals surface area contributed by atoms with Crippen molar-refractivity contribution in [2.45, 2.75) is 31.2 Å². The molecule has 6 nitrogen and oxygen atoms in total. The van der Waals surface area contributed by atoms with E-state index in [2.05, 4.69) is 15.3 Å². The van der Waals surface area contributed by atoms with Gasteiger partial charge in [0.25, 0.3) is 5.56 Å². The van der Waals surface area contributed by atoms with E-state index >= 15 is 0 Å². The maximum Gasteiger partial charge on any atom is 0.255 e. The van der Waals surface area contributed by atoms with Crippen LogP contribution in [0.15, 0.2) is 58.5 Å². The molecule has 1 aromatic heterocycles. The van der Waals surface area contributed by atoms with E-state index in [9.17, 15) is 9.59 Å². The number of anilines is 1. The highest BCUT2D eigenvalue weighted by molar-refractivity contribution is 7.98. The number of carbonyl (C=O) groups excluding carboxylic acids is 1. The number of nitrogens with zero attached hydrogens (tertiary/aromatic N) is 1. The van der Waals surface area contributed by atoms with Crippen molar-refractivity contribution in [2.75, 3.05) is 11.9 Å². The van der Waals surface area contributed by atoms with Gasteiger partial charge in [-0.3, -0.25) is 9.59 Å². The van der Waals surface area contributed by atoms with Crippen molar-refractivity contribution < 1.29 is 9.53 Å². The van der Waals surface area contributed by atoms with Crippen LogP contribution in [0.3, 0.4) is 0 Å². The molecule has 0 aliphatic carbocycles. The largest absolute Gasteiger partial charge is 0.494 e. The minimum atomic E-state index is -0.307. The normalized spacial score (nSPS) is 10.6. The first-order valence-corrected chi connectivity index (χ1v) is 10.8. The summed E-state index contributed by atoms with van der Waals surface area (Å²) in [7, 11) is 0. The van der Waals surface area contributed by atoms with Crippen molar-refractivity contribution in [1.29, 1.82) is 0 Å². The lowest BCUT2D eigenvalue weighted by Crippen LogP contribution is -2.23. The molecular formula is C22H22ClN3O3S. The molecule has 0 saturated carbocycles. The first kappa shape index (κ1) is 21.9. The molecule has 1 heterocycles. The Morgan fingerprint density at radius 2 is 2.00 bits per heavy atom. The van der Waals surface area contributed by atoms with Crippen LogP contribution in [0.5, 0.6) is 5.75 Å². The van der Waals surface area contributed by atoms with E-state index in [1.54, 1.807) is 31.2 Å². The average molecular weight is 444 g/mol. The standard InChI is InChI=1S/C22H22ClN3O3S/c1-3-29-18-9-7-17(8-10-18)25-20(27)12-19-14(2)24-22(26-21(19)28)30-13-15-5-4-6-16(23)11-15/h4-11H,3,12-13H2,1-2H3,(H,25,27)(H,24,26,28). The highest BCUT2D eigenvalue weighted by Crippen LogP contribution is 2.21. The third-order valence-electron chi connectivity index (χ3n) is 4.25. The second-order valence-corrected chi connectivity index (χ2v) is 7.94. The smallest absolute Gasteiger partial charge is 0.255 e.